The summed E-state index contributed by atoms with van der Waals surface area (Å²) in [7, 11) is 1.57. The SMILES string of the molecule is CCCC(C)CNC1CCN(C(=O)COC)CC1. The normalized spacial score (nSPS) is 18.9. The average Bonchev–Trinajstić information content (AvgIpc) is 2.37. The molecule has 1 heterocycles. The summed E-state index contributed by atoms with van der Waals surface area (Å²) in [4.78, 5) is 13.6. The number of piperidine rings is 1. The van der Waals surface area contributed by atoms with Crippen molar-refractivity contribution in [2.24, 2.45) is 5.92 Å². The number of amides is 1. The molecule has 0 aromatic heterocycles. The van der Waals surface area contributed by atoms with Crippen LogP contribution in [-0.2, 0) is 9.53 Å². The molecule has 0 aliphatic carbocycles. The maximum atomic E-state index is 11.6. The minimum Gasteiger partial charge on any atom is -0.375 e. The molecule has 1 rings (SSSR count). The van der Waals surface area contributed by atoms with Crippen molar-refractivity contribution in [1.29, 1.82) is 0 Å². The minimum atomic E-state index is 0.121. The van der Waals surface area contributed by atoms with Crippen LogP contribution in [0, 0.1) is 5.92 Å². The Bertz CT molecular complexity index is 238. The van der Waals surface area contributed by atoms with Crippen LogP contribution in [0.15, 0.2) is 0 Å². The van der Waals surface area contributed by atoms with Gasteiger partial charge in [-0.2, -0.15) is 0 Å². The lowest BCUT2D eigenvalue weighted by Crippen LogP contribution is -2.46. The molecule has 0 bridgehead atoms. The summed E-state index contributed by atoms with van der Waals surface area (Å²) >= 11 is 0. The van der Waals surface area contributed by atoms with Crippen LogP contribution in [0.1, 0.15) is 39.5 Å². The molecule has 1 fully saturated rings. The maximum absolute atomic E-state index is 11.6. The fraction of sp³-hybridized carbons (Fsp3) is 0.929. The first kappa shape index (κ1) is 15.4. The van der Waals surface area contributed by atoms with Gasteiger partial charge in [0.1, 0.15) is 6.61 Å². The van der Waals surface area contributed by atoms with Gasteiger partial charge in [0, 0.05) is 26.2 Å². The zero-order valence-electron chi connectivity index (χ0n) is 12.1. The first-order valence-electron chi connectivity index (χ1n) is 7.17. The predicted molar refractivity (Wildman–Crippen MR) is 73.6 cm³/mol. The fourth-order valence-corrected chi connectivity index (χ4v) is 2.51. The van der Waals surface area contributed by atoms with E-state index in [0.29, 0.717) is 6.04 Å². The van der Waals surface area contributed by atoms with Crippen molar-refractivity contribution >= 4 is 5.91 Å². The number of methoxy groups -OCH3 is 1. The molecule has 0 saturated carbocycles. The summed E-state index contributed by atoms with van der Waals surface area (Å²) < 4.78 is 4.88. The molecule has 1 N–H and O–H groups in total. The molecule has 0 aromatic carbocycles. The molecule has 1 aliphatic rings. The maximum Gasteiger partial charge on any atom is 0.248 e. The van der Waals surface area contributed by atoms with E-state index in [1.165, 1.54) is 12.8 Å². The quantitative estimate of drug-likeness (QED) is 0.753. The highest BCUT2D eigenvalue weighted by molar-refractivity contribution is 5.77. The van der Waals surface area contributed by atoms with Crippen LogP contribution in [0.4, 0.5) is 0 Å². The summed E-state index contributed by atoms with van der Waals surface area (Å²) in [6.45, 7) is 7.57. The molecule has 1 saturated heterocycles. The topological polar surface area (TPSA) is 41.6 Å². The van der Waals surface area contributed by atoms with Gasteiger partial charge >= 0.3 is 0 Å². The number of carbonyl (C=O) groups is 1. The molecule has 1 atom stereocenters. The van der Waals surface area contributed by atoms with Crippen molar-refractivity contribution in [3.63, 3.8) is 0 Å². The van der Waals surface area contributed by atoms with Crippen molar-refractivity contribution in [3.05, 3.63) is 0 Å². The van der Waals surface area contributed by atoms with Crippen molar-refractivity contribution in [2.45, 2.75) is 45.6 Å². The average molecular weight is 256 g/mol. The number of hydrogen-bond donors (Lipinski definition) is 1. The van der Waals surface area contributed by atoms with E-state index < -0.39 is 0 Å². The molecule has 4 heteroatoms. The third kappa shape index (κ3) is 5.36. The summed E-state index contributed by atoms with van der Waals surface area (Å²) in [6.07, 6.45) is 4.67. The Labute approximate surface area is 111 Å². The molecular formula is C14H28N2O2. The summed E-state index contributed by atoms with van der Waals surface area (Å²) in [5.41, 5.74) is 0. The van der Waals surface area contributed by atoms with Crippen LogP contribution >= 0.6 is 0 Å². The molecule has 0 spiro atoms. The van der Waals surface area contributed by atoms with Crippen LogP contribution in [0.25, 0.3) is 0 Å². The Balaban J connectivity index is 2.17. The van der Waals surface area contributed by atoms with E-state index in [4.69, 9.17) is 4.74 Å². The lowest BCUT2D eigenvalue weighted by Gasteiger charge is -2.33. The number of likely N-dealkylation sites (tertiary alicyclic amines) is 1. The molecular weight excluding hydrogens is 228 g/mol. The number of hydrogen-bond acceptors (Lipinski definition) is 3. The van der Waals surface area contributed by atoms with E-state index in [9.17, 15) is 4.79 Å². The molecule has 1 aliphatic heterocycles. The largest absolute Gasteiger partial charge is 0.375 e. The zero-order valence-corrected chi connectivity index (χ0v) is 12.1. The third-order valence-electron chi connectivity index (χ3n) is 3.65. The van der Waals surface area contributed by atoms with E-state index in [2.05, 4.69) is 19.2 Å². The van der Waals surface area contributed by atoms with E-state index in [1.54, 1.807) is 7.11 Å². The lowest BCUT2D eigenvalue weighted by molar-refractivity contribution is -0.136. The van der Waals surface area contributed by atoms with Gasteiger partial charge in [0.2, 0.25) is 5.91 Å². The Kier molecular flexibility index (Phi) is 7.28. The van der Waals surface area contributed by atoms with Gasteiger partial charge in [0.05, 0.1) is 0 Å². The van der Waals surface area contributed by atoms with Crippen molar-refractivity contribution in [3.8, 4) is 0 Å². The number of nitrogens with zero attached hydrogens (tertiary/aromatic N) is 1. The van der Waals surface area contributed by atoms with Crippen LogP contribution in [-0.4, -0.2) is 50.2 Å². The van der Waals surface area contributed by atoms with E-state index in [1.807, 2.05) is 4.90 Å². The molecule has 1 unspecified atom stereocenters. The Morgan fingerprint density at radius 2 is 2.11 bits per heavy atom. The highest BCUT2D eigenvalue weighted by Gasteiger charge is 2.22. The van der Waals surface area contributed by atoms with Gasteiger partial charge in [-0.3, -0.25) is 4.79 Å². The first-order chi connectivity index (χ1) is 8.67. The molecule has 18 heavy (non-hydrogen) atoms. The summed E-state index contributed by atoms with van der Waals surface area (Å²) in [5.74, 6) is 0.874. The third-order valence-corrected chi connectivity index (χ3v) is 3.65. The summed E-state index contributed by atoms with van der Waals surface area (Å²) in [5, 5.41) is 3.63. The Morgan fingerprint density at radius 3 is 2.67 bits per heavy atom. The van der Waals surface area contributed by atoms with E-state index >= 15 is 0 Å². The summed E-state index contributed by atoms with van der Waals surface area (Å²) in [6, 6.07) is 0.580. The monoisotopic (exact) mass is 256 g/mol. The fourth-order valence-electron chi connectivity index (χ4n) is 2.51. The van der Waals surface area contributed by atoms with Crippen molar-refractivity contribution < 1.29 is 9.53 Å². The van der Waals surface area contributed by atoms with Gasteiger partial charge < -0.3 is 15.0 Å². The molecule has 4 nitrogen and oxygen atoms in total. The number of rotatable bonds is 7. The van der Waals surface area contributed by atoms with E-state index in [0.717, 1.165) is 38.4 Å². The second kappa shape index (κ2) is 8.48. The standard InChI is InChI=1S/C14H28N2O2/c1-4-5-12(2)10-15-13-6-8-16(9-7-13)14(17)11-18-3/h12-13,15H,4-11H2,1-3H3. The molecule has 0 aromatic rings. The highest BCUT2D eigenvalue weighted by Crippen LogP contribution is 2.12. The number of carbonyl (C=O) groups excluding carboxylic acids is 1. The second-order valence-corrected chi connectivity index (χ2v) is 5.39. The predicted octanol–water partition coefficient (Wildman–Crippen LogP) is 1.65. The smallest absolute Gasteiger partial charge is 0.248 e. The minimum absolute atomic E-state index is 0.121. The van der Waals surface area contributed by atoms with Gasteiger partial charge in [-0.15, -0.1) is 0 Å². The van der Waals surface area contributed by atoms with Gasteiger partial charge in [0.15, 0.2) is 0 Å². The van der Waals surface area contributed by atoms with Crippen LogP contribution in [0.2, 0.25) is 0 Å². The first-order valence-corrected chi connectivity index (χ1v) is 7.17. The van der Waals surface area contributed by atoms with Gasteiger partial charge in [-0.05, 0) is 31.7 Å². The lowest BCUT2D eigenvalue weighted by atomic mass is 10.0. The van der Waals surface area contributed by atoms with Gasteiger partial charge in [-0.1, -0.05) is 20.3 Å². The van der Waals surface area contributed by atoms with Crippen LogP contribution in [0.5, 0.6) is 0 Å². The van der Waals surface area contributed by atoms with Crippen molar-refractivity contribution in [1.82, 2.24) is 10.2 Å². The highest BCUT2D eigenvalue weighted by atomic mass is 16.5. The van der Waals surface area contributed by atoms with E-state index in [-0.39, 0.29) is 12.5 Å². The molecule has 1 amide bonds. The molecule has 106 valence electrons. The van der Waals surface area contributed by atoms with Gasteiger partial charge in [-0.25, -0.2) is 0 Å². The zero-order chi connectivity index (χ0) is 13.4. The number of nitrogens with one attached hydrogen (secondary N) is 1. The van der Waals surface area contributed by atoms with Gasteiger partial charge in [0.25, 0.3) is 0 Å². The van der Waals surface area contributed by atoms with Crippen LogP contribution < -0.4 is 5.32 Å². The van der Waals surface area contributed by atoms with Crippen molar-refractivity contribution in [2.75, 3.05) is 33.4 Å². The Hall–Kier alpha value is -0.610. The van der Waals surface area contributed by atoms with Crippen LogP contribution in [0.3, 0.4) is 0 Å². The second-order valence-electron chi connectivity index (χ2n) is 5.39. The molecule has 0 radical (unpaired) electrons. The Morgan fingerprint density at radius 1 is 1.44 bits per heavy atom. The number of ether oxygens (including phenoxy) is 1.